The fraction of sp³-hybridized carbons (Fsp3) is 0.458. The molecule has 0 amide bonds. The largest absolute Gasteiger partial charge is 0.497 e. The average Bonchev–Trinajstić information content (AvgIpc) is 3.51. The zero-order valence-electron chi connectivity index (χ0n) is 18.2. The summed E-state index contributed by atoms with van der Waals surface area (Å²) in [6, 6.07) is 14.9. The lowest BCUT2D eigenvalue weighted by Gasteiger charge is -2.36. The molecule has 0 spiro atoms. The first-order valence-corrected chi connectivity index (χ1v) is 11.1. The summed E-state index contributed by atoms with van der Waals surface area (Å²) in [7, 11) is 3.41. The van der Waals surface area contributed by atoms with E-state index in [4.69, 9.17) is 9.47 Å². The van der Waals surface area contributed by atoms with Gasteiger partial charge in [0, 0.05) is 18.7 Å². The fourth-order valence-corrected chi connectivity index (χ4v) is 5.08. The molecule has 31 heavy (non-hydrogen) atoms. The minimum atomic E-state index is -0.117. The second-order valence-electron chi connectivity index (χ2n) is 8.42. The molecule has 2 aliphatic rings. The molecule has 1 atom stereocenters. The van der Waals surface area contributed by atoms with Crippen molar-refractivity contribution >= 4 is 0 Å². The van der Waals surface area contributed by atoms with Crippen LogP contribution in [0.2, 0.25) is 0 Å². The number of hydrogen-bond acceptors (Lipinski definition) is 6. The Hall–Kier alpha value is -2.93. The molecule has 1 aliphatic heterocycles. The maximum atomic E-state index is 5.79. The van der Waals surface area contributed by atoms with E-state index >= 15 is 0 Å². The molecule has 5 rings (SSSR count). The van der Waals surface area contributed by atoms with E-state index in [0.29, 0.717) is 6.04 Å². The van der Waals surface area contributed by atoms with Crippen molar-refractivity contribution in [1.29, 1.82) is 0 Å². The number of methoxy groups -OCH3 is 2. The third kappa shape index (κ3) is 3.78. The summed E-state index contributed by atoms with van der Waals surface area (Å²) in [5.74, 6) is 2.52. The molecule has 7 nitrogen and oxygen atoms in total. The molecule has 0 radical (unpaired) electrons. The highest BCUT2D eigenvalue weighted by Crippen LogP contribution is 2.40. The topological polar surface area (TPSA) is 65.3 Å². The summed E-state index contributed by atoms with van der Waals surface area (Å²) in [6.45, 7) is 1.78. The lowest BCUT2D eigenvalue weighted by atomic mass is 9.95. The lowest BCUT2D eigenvalue weighted by Crippen LogP contribution is -2.36. The summed E-state index contributed by atoms with van der Waals surface area (Å²) in [6.07, 6.45) is 5.72. The molecule has 1 saturated carbocycles. The summed E-state index contributed by atoms with van der Waals surface area (Å²) in [5.41, 5.74) is 3.82. The Balaban J connectivity index is 1.62. The normalized spacial score (nSPS) is 18.0. The van der Waals surface area contributed by atoms with Crippen molar-refractivity contribution in [3.63, 3.8) is 0 Å². The van der Waals surface area contributed by atoms with E-state index < -0.39 is 0 Å². The van der Waals surface area contributed by atoms with Gasteiger partial charge in [-0.2, -0.15) is 0 Å². The van der Waals surface area contributed by atoms with Crippen molar-refractivity contribution in [2.24, 2.45) is 0 Å². The molecule has 2 aromatic carbocycles. The molecule has 0 N–H and O–H groups in total. The van der Waals surface area contributed by atoms with Crippen LogP contribution in [0, 0.1) is 0 Å². The zero-order valence-corrected chi connectivity index (χ0v) is 18.2. The minimum Gasteiger partial charge on any atom is -0.497 e. The Morgan fingerprint density at radius 3 is 2.58 bits per heavy atom. The van der Waals surface area contributed by atoms with Crippen LogP contribution in [-0.2, 0) is 13.0 Å². The van der Waals surface area contributed by atoms with Crippen molar-refractivity contribution in [2.75, 3.05) is 20.8 Å². The third-order valence-corrected chi connectivity index (χ3v) is 6.69. The number of benzene rings is 2. The van der Waals surface area contributed by atoms with Crippen molar-refractivity contribution in [3.05, 3.63) is 65.0 Å². The highest BCUT2D eigenvalue weighted by Gasteiger charge is 2.34. The molecule has 7 heteroatoms. The average molecular weight is 420 g/mol. The maximum Gasteiger partial charge on any atom is 0.173 e. The second-order valence-corrected chi connectivity index (χ2v) is 8.42. The fourth-order valence-electron chi connectivity index (χ4n) is 5.08. The number of ether oxygens (including phenoxy) is 2. The van der Waals surface area contributed by atoms with Gasteiger partial charge < -0.3 is 9.47 Å². The number of nitrogens with zero attached hydrogens (tertiary/aromatic N) is 5. The number of tetrazole rings is 1. The van der Waals surface area contributed by atoms with Crippen LogP contribution in [0.4, 0.5) is 0 Å². The van der Waals surface area contributed by atoms with E-state index in [1.165, 1.54) is 24.0 Å². The first kappa shape index (κ1) is 20.0. The van der Waals surface area contributed by atoms with Crippen LogP contribution < -0.4 is 9.47 Å². The van der Waals surface area contributed by atoms with Crippen LogP contribution in [0.15, 0.2) is 42.5 Å². The second kappa shape index (κ2) is 8.67. The van der Waals surface area contributed by atoms with Crippen LogP contribution in [0.1, 0.15) is 60.3 Å². The summed E-state index contributed by atoms with van der Waals surface area (Å²) < 4.78 is 13.4. The Morgan fingerprint density at radius 2 is 1.81 bits per heavy atom. The van der Waals surface area contributed by atoms with Crippen LogP contribution in [0.25, 0.3) is 0 Å². The van der Waals surface area contributed by atoms with E-state index in [0.717, 1.165) is 55.2 Å². The van der Waals surface area contributed by atoms with Crippen LogP contribution >= 0.6 is 0 Å². The van der Waals surface area contributed by atoms with E-state index in [9.17, 15) is 0 Å². The molecule has 0 unspecified atom stereocenters. The van der Waals surface area contributed by atoms with E-state index in [1.54, 1.807) is 14.2 Å². The monoisotopic (exact) mass is 419 g/mol. The smallest absolute Gasteiger partial charge is 0.173 e. The van der Waals surface area contributed by atoms with Gasteiger partial charge in [-0.1, -0.05) is 37.1 Å². The first-order valence-electron chi connectivity index (χ1n) is 11.1. The van der Waals surface area contributed by atoms with E-state index in [-0.39, 0.29) is 6.04 Å². The molecule has 1 fully saturated rings. The van der Waals surface area contributed by atoms with E-state index in [2.05, 4.69) is 55.4 Å². The van der Waals surface area contributed by atoms with Crippen molar-refractivity contribution < 1.29 is 9.47 Å². The van der Waals surface area contributed by atoms with Crippen LogP contribution in [0.5, 0.6) is 11.5 Å². The van der Waals surface area contributed by atoms with Crippen LogP contribution in [0.3, 0.4) is 0 Å². The number of aromatic nitrogens is 4. The summed E-state index contributed by atoms with van der Waals surface area (Å²) in [5, 5.41) is 13.1. The zero-order chi connectivity index (χ0) is 21.2. The lowest BCUT2D eigenvalue weighted by molar-refractivity contribution is 0.188. The predicted octanol–water partition coefficient (Wildman–Crippen LogP) is 3.95. The van der Waals surface area contributed by atoms with Crippen molar-refractivity contribution in [2.45, 2.75) is 50.7 Å². The molecule has 0 bridgehead atoms. The van der Waals surface area contributed by atoms with Crippen LogP contribution in [-0.4, -0.2) is 45.9 Å². The van der Waals surface area contributed by atoms with Gasteiger partial charge in [0.25, 0.3) is 0 Å². The predicted molar refractivity (Wildman–Crippen MR) is 117 cm³/mol. The highest BCUT2D eigenvalue weighted by atomic mass is 16.5. The van der Waals surface area contributed by atoms with Crippen molar-refractivity contribution in [3.8, 4) is 11.5 Å². The molecule has 1 aromatic heterocycles. The molecule has 2 heterocycles. The molecule has 0 saturated heterocycles. The van der Waals surface area contributed by atoms with Gasteiger partial charge in [-0.05, 0) is 59.0 Å². The number of rotatable bonds is 6. The molecule has 3 aromatic rings. The SMILES string of the molecule is COc1ccc(OC)c([C@H](c2nnnn2C2CCCC2)N2CCc3ccccc3C2)c1. The Labute approximate surface area is 183 Å². The Kier molecular flexibility index (Phi) is 5.59. The van der Waals surface area contributed by atoms with Gasteiger partial charge in [-0.3, -0.25) is 4.90 Å². The quantitative estimate of drug-likeness (QED) is 0.603. The standard InChI is InChI=1S/C24H29N5O2/c1-30-20-11-12-22(31-2)21(15-20)23(24-25-26-27-29(24)19-9-5-6-10-19)28-14-13-17-7-3-4-8-18(17)16-28/h3-4,7-8,11-12,15,19,23H,5-6,9-10,13-14,16H2,1-2H3/t23-/m1/s1. The van der Waals surface area contributed by atoms with Crippen molar-refractivity contribution in [1.82, 2.24) is 25.1 Å². The highest BCUT2D eigenvalue weighted by molar-refractivity contribution is 5.45. The Bertz CT molecular complexity index is 1040. The maximum absolute atomic E-state index is 5.79. The summed E-state index contributed by atoms with van der Waals surface area (Å²) >= 11 is 0. The van der Waals surface area contributed by atoms with Gasteiger partial charge >= 0.3 is 0 Å². The third-order valence-electron chi connectivity index (χ3n) is 6.69. The summed E-state index contributed by atoms with van der Waals surface area (Å²) in [4.78, 5) is 2.47. The Morgan fingerprint density at radius 1 is 1.00 bits per heavy atom. The number of hydrogen-bond donors (Lipinski definition) is 0. The van der Waals surface area contributed by atoms with Gasteiger partial charge in [-0.25, -0.2) is 4.68 Å². The molecular weight excluding hydrogens is 390 g/mol. The van der Waals surface area contributed by atoms with Gasteiger partial charge in [0.1, 0.15) is 17.5 Å². The van der Waals surface area contributed by atoms with E-state index in [1.807, 2.05) is 12.1 Å². The van der Waals surface area contributed by atoms with Gasteiger partial charge in [-0.15, -0.1) is 5.10 Å². The first-order chi connectivity index (χ1) is 15.3. The molecule has 1 aliphatic carbocycles. The number of fused-ring (bicyclic) bond motifs is 1. The molecule has 162 valence electrons. The molecular formula is C24H29N5O2. The van der Waals surface area contributed by atoms with Gasteiger partial charge in [0.05, 0.1) is 20.3 Å². The minimum absolute atomic E-state index is 0.117. The van der Waals surface area contributed by atoms with Gasteiger partial charge in [0.2, 0.25) is 0 Å². The van der Waals surface area contributed by atoms with Gasteiger partial charge in [0.15, 0.2) is 5.82 Å².